The molecule has 4 aromatic rings. The molecular weight excluding hydrogens is 471 g/mol. The first-order valence-electron chi connectivity index (χ1n) is 11.1. The van der Waals surface area contributed by atoms with Crippen LogP contribution in [0.5, 0.6) is 5.75 Å². The second-order valence-corrected chi connectivity index (χ2v) is 10.3. The lowest BCUT2D eigenvalue weighted by atomic mass is 9.97. The topological polar surface area (TPSA) is 61.2 Å². The number of thioether (sulfide) groups is 1. The fourth-order valence-corrected chi connectivity index (χ4v) is 6.47. The maximum atomic E-state index is 14.1. The van der Waals surface area contributed by atoms with E-state index in [0.29, 0.717) is 16.2 Å². The van der Waals surface area contributed by atoms with E-state index in [1.54, 1.807) is 22.0 Å². The summed E-state index contributed by atoms with van der Waals surface area (Å²) in [5.41, 5.74) is 3.09. The molecule has 0 bridgehead atoms. The van der Waals surface area contributed by atoms with Gasteiger partial charge in [-0.15, -0.1) is 11.3 Å². The number of ether oxygens (including phenoxy) is 1. The van der Waals surface area contributed by atoms with Crippen molar-refractivity contribution in [1.29, 1.82) is 0 Å². The minimum Gasteiger partial charge on any atom is -0.494 e. The average molecular weight is 495 g/mol. The molecule has 2 aromatic heterocycles. The van der Waals surface area contributed by atoms with E-state index in [1.165, 1.54) is 35.9 Å². The van der Waals surface area contributed by atoms with Gasteiger partial charge in [-0.2, -0.15) is 0 Å². The van der Waals surface area contributed by atoms with Gasteiger partial charge in [-0.1, -0.05) is 29.5 Å². The SMILES string of the molecule is COc1ccc(C(=O)CSc2nc3sc4c(c3c(=O)n2-c2ccc(C)cc2)CCCC4)cc1F. The number of hydrogen-bond acceptors (Lipinski definition) is 6. The van der Waals surface area contributed by atoms with E-state index in [2.05, 4.69) is 0 Å². The number of methoxy groups -OCH3 is 1. The first-order valence-corrected chi connectivity index (χ1v) is 12.9. The molecule has 1 aliphatic rings. The maximum absolute atomic E-state index is 14.1. The highest BCUT2D eigenvalue weighted by Gasteiger charge is 2.23. The summed E-state index contributed by atoms with van der Waals surface area (Å²) in [4.78, 5) is 33.4. The van der Waals surface area contributed by atoms with E-state index in [-0.39, 0.29) is 28.4 Å². The molecule has 0 unspecified atom stereocenters. The van der Waals surface area contributed by atoms with Crippen molar-refractivity contribution in [2.75, 3.05) is 12.9 Å². The minimum absolute atomic E-state index is 0.0284. The summed E-state index contributed by atoms with van der Waals surface area (Å²) < 4.78 is 20.6. The van der Waals surface area contributed by atoms with Crippen molar-refractivity contribution in [3.63, 3.8) is 0 Å². The Hall–Kier alpha value is -2.97. The van der Waals surface area contributed by atoms with E-state index in [1.807, 2.05) is 31.2 Å². The summed E-state index contributed by atoms with van der Waals surface area (Å²) in [6.07, 6.45) is 4.07. The number of carbonyl (C=O) groups is 1. The van der Waals surface area contributed by atoms with Gasteiger partial charge in [-0.3, -0.25) is 14.2 Å². The first kappa shape index (κ1) is 22.8. The van der Waals surface area contributed by atoms with Crippen molar-refractivity contribution in [3.05, 3.63) is 80.2 Å². The molecule has 2 aromatic carbocycles. The number of carbonyl (C=O) groups excluding carboxylic acids is 1. The van der Waals surface area contributed by atoms with Crippen LogP contribution in [-0.2, 0) is 12.8 Å². The molecule has 8 heteroatoms. The predicted octanol–water partition coefficient (Wildman–Crippen LogP) is 5.76. The highest BCUT2D eigenvalue weighted by molar-refractivity contribution is 7.99. The number of aromatic nitrogens is 2. The Morgan fingerprint density at radius 1 is 1.18 bits per heavy atom. The smallest absolute Gasteiger partial charge is 0.267 e. The standard InChI is InChI=1S/C26H23FN2O3S2/c1-15-7-10-17(11-8-15)29-25(31)23-18-5-3-4-6-22(18)34-24(23)28-26(29)33-14-20(30)16-9-12-21(32-2)19(27)13-16/h7-13H,3-6,14H2,1-2H3. The number of nitrogens with zero attached hydrogens (tertiary/aromatic N) is 2. The number of Topliss-reactive ketones (excluding diaryl/α,β-unsaturated/α-hetero) is 1. The summed E-state index contributed by atoms with van der Waals surface area (Å²) in [7, 11) is 1.38. The summed E-state index contributed by atoms with van der Waals surface area (Å²) in [6.45, 7) is 1.99. The molecule has 0 atom stereocenters. The van der Waals surface area contributed by atoms with Gasteiger partial charge in [0, 0.05) is 10.4 Å². The van der Waals surface area contributed by atoms with Gasteiger partial charge in [0.25, 0.3) is 5.56 Å². The van der Waals surface area contributed by atoms with Crippen molar-refractivity contribution in [2.45, 2.75) is 37.8 Å². The fourth-order valence-electron chi connectivity index (χ4n) is 4.26. The van der Waals surface area contributed by atoms with Crippen molar-refractivity contribution >= 4 is 39.1 Å². The summed E-state index contributed by atoms with van der Waals surface area (Å²) >= 11 is 2.78. The summed E-state index contributed by atoms with van der Waals surface area (Å²) in [6, 6.07) is 11.9. The third-order valence-corrected chi connectivity index (χ3v) is 8.18. The number of fused-ring (bicyclic) bond motifs is 3. The first-order chi connectivity index (χ1) is 16.5. The molecule has 0 aliphatic heterocycles. The normalized spacial score (nSPS) is 13.1. The molecule has 5 rings (SSSR count). The number of aryl methyl sites for hydroxylation is 3. The summed E-state index contributed by atoms with van der Waals surface area (Å²) in [5, 5.41) is 1.16. The van der Waals surface area contributed by atoms with Crippen molar-refractivity contribution < 1.29 is 13.9 Å². The van der Waals surface area contributed by atoms with Crippen LogP contribution in [0.25, 0.3) is 15.9 Å². The van der Waals surface area contributed by atoms with Gasteiger partial charge in [0.05, 0.1) is 23.9 Å². The Morgan fingerprint density at radius 2 is 1.94 bits per heavy atom. The van der Waals surface area contributed by atoms with Crippen LogP contribution in [-0.4, -0.2) is 28.2 Å². The second kappa shape index (κ2) is 9.35. The molecule has 5 nitrogen and oxygen atoms in total. The minimum atomic E-state index is -0.585. The molecule has 2 heterocycles. The molecule has 0 saturated heterocycles. The summed E-state index contributed by atoms with van der Waals surface area (Å²) in [5.74, 6) is -0.715. The molecule has 1 aliphatic carbocycles. The average Bonchev–Trinajstić information content (AvgIpc) is 3.22. The predicted molar refractivity (Wildman–Crippen MR) is 135 cm³/mol. The van der Waals surface area contributed by atoms with Crippen LogP contribution in [0.4, 0.5) is 4.39 Å². The van der Waals surface area contributed by atoms with Crippen LogP contribution >= 0.6 is 23.1 Å². The molecule has 0 amide bonds. The molecule has 0 spiro atoms. The monoisotopic (exact) mass is 494 g/mol. The Bertz CT molecular complexity index is 1460. The second-order valence-electron chi connectivity index (χ2n) is 8.32. The van der Waals surface area contributed by atoms with Crippen LogP contribution in [0.3, 0.4) is 0 Å². The third-order valence-electron chi connectivity index (χ3n) is 6.06. The lowest BCUT2D eigenvalue weighted by Crippen LogP contribution is -2.22. The number of thiophene rings is 1. The van der Waals surface area contributed by atoms with Crippen LogP contribution in [0.2, 0.25) is 0 Å². The lowest BCUT2D eigenvalue weighted by molar-refractivity contribution is 0.102. The molecule has 0 radical (unpaired) electrons. The largest absolute Gasteiger partial charge is 0.494 e. The van der Waals surface area contributed by atoms with E-state index >= 15 is 0 Å². The van der Waals surface area contributed by atoms with Gasteiger partial charge in [-0.25, -0.2) is 9.37 Å². The molecule has 0 saturated carbocycles. The molecule has 0 fully saturated rings. The van der Waals surface area contributed by atoms with Crippen molar-refractivity contribution in [2.24, 2.45) is 0 Å². The van der Waals surface area contributed by atoms with Gasteiger partial charge in [0.1, 0.15) is 4.83 Å². The molecular formula is C26H23FN2O3S2. The Morgan fingerprint density at radius 3 is 2.68 bits per heavy atom. The molecule has 0 N–H and O–H groups in total. The van der Waals surface area contributed by atoms with E-state index < -0.39 is 5.82 Å². The zero-order valence-electron chi connectivity index (χ0n) is 18.9. The molecule has 34 heavy (non-hydrogen) atoms. The van der Waals surface area contributed by atoms with Crippen LogP contribution in [0, 0.1) is 12.7 Å². The van der Waals surface area contributed by atoms with E-state index in [0.717, 1.165) is 41.6 Å². The lowest BCUT2D eigenvalue weighted by Gasteiger charge is -2.14. The van der Waals surface area contributed by atoms with E-state index in [4.69, 9.17) is 9.72 Å². The van der Waals surface area contributed by atoms with Gasteiger partial charge in [0.2, 0.25) is 0 Å². The third kappa shape index (κ3) is 4.16. The zero-order valence-corrected chi connectivity index (χ0v) is 20.5. The number of ketones is 1. The number of halogens is 1. The fraction of sp³-hybridized carbons (Fsp3) is 0.269. The number of rotatable bonds is 6. The van der Waals surface area contributed by atoms with Crippen LogP contribution in [0.15, 0.2) is 52.4 Å². The van der Waals surface area contributed by atoms with Crippen LogP contribution in [0.1, 0.15) is 39.2 Å². The Balaban J connectivity index is 1.56. The van der Waals surface area contributed by atoms with Gasteiger partial charge >= 0.3 is 0 Å². The van der Waals surface area contributed by atoms with Crippen LogP contribution < -0.4 is 10.3 Å². The highest BCUT2D eigenvalue weighted by atomic mass is 32.2. The van der Waals surface area contributed by atoms with Gasteiger partial charge in [-0.05, 0) is 68.5 Å². The highest BCUT2D eigenvalue weighted by Crippen LogP contribution is 2.35. The van der Waals surface area contributed by atoms with Gasteiger partial charge < -0.3 is 4.74 Å². The number of hydrogen-bond donors (Lipinski definition) is 0. The Labute approximate surface area is 204 Å². The Kier molecular flexibility index (Phi) is 6.27. The number of benzene rings is 2. The van der Waals surface area contributed by atoms with E-state index in [9.17, 15) is 14.0 Å². The van der Waals surface area contributed by atoms with Crippen molar-refractivity contribution in [3.8, 4) is 11.4 Å². The van der Waals surface area contributed by atoms with Gasteiger partial charge in [0.15, 0.2) is 22.5 Å². The molecule has 174 valence electrons. The quantitative estimate of drug-likeness (QED) is 0.194. The van der Waals surface area contributed by atoms with Crippen molar-refractivity contribution in [1.82, 2.24) is 9.55 Å². The zero-order chi connectivity index (χ0) is 23.8. The maximum Gasteiger partial charge on any atom is 0.267 e.